The van der Waals surface area contributed by atoms with Gasteiger partial charge in [0, 0.05) is 39.3 Å². The van der Waals surface area contributed by atoms with E-state index in [9.17, 15) is 0 Å². The van der Waals surface area contributed by atoms with Gasteiger partial charge in [0.2, 0.25) is 0 Å². The molecule has 10 heteroatoms. The molecular weight excluding hydrogens is 424 g/mol. The average molecular weight is 449 g/mol. The van der Waals surface area contributed by atoms with Crippen molar-refractivity contribution in [3.63, 3.8) is 0 Å². The fraction of sp³-hybridized carbons (Fsp3) is 0.450. The average Bonchev–Trinajstić information content (AvgIpc) is 3.26. The molecule has 160 valence electrons. The molecule has 0 saturated carbocycles. The lowest BCUT2D eigenvalue weighted by Crippen LogP contribution is -2.46. The van der Waals surface area contributed by atoms with E-state index in [2.05, 4.69) is 20.1 Å². The van der Waals surface area contributed by atoms with Gasteiger partial charge in [-0.3, -0.25) is 9.80 Å². The first-order chi connectivity index (χ1) is 14.5. The topological polar surface area (TPSA) is 64.5 Å². The van der Waals surface area contributed by atoms with Crippen molar-refractivity contribution in [1.29, 1.82) is 0 Å². The molecule has 0 N–H and O–H groups in total. The number of aromatic nitrogens is 4. The first-order valence-corrected chi connectivity index (χ1v) is 10.6. The Kier molecular flexibility index (Phi) is 6.52. The van der Waals surface area contributed by atoms with Crippen LogP contribution in [0, 0.1) is 11.7 Å². The zero-order valence-electron chi connectivity index (χ0n) is 17.1. The second-order valence-electron chi connectivity index (χ2n) is 7.45. The summed E-state index contributed by atoms with van der Waals surface area (Å²) >= 11 is 11.7. The van der Waals surface area contributed by atoms with E-state index in [0.717, 1.165) is 50.0 Å². The van der Waals surface area contributed by atoms with Gasteiger partial charge in [0.25, 0.3) is 0 Å². The number of nitrogens with zero attached hydrogens (tertiary/aromatic N) is 6. The molecule has 1 saturated heterocycles. The molecule has 1 fully saturated rings. The highest BCUT2D eigenvalue weighted by atomic mass is 35.5. The van der Waals surface area contributed by atoms with E-state index in [1.807, 2.05) is 47.5 Å². The van der Waals surface area contributed by atoms with Gasteiger partial charge >= 0.3 is 0 Å². The van der Waals surface area contributed by atoms with Crippen LogP contribution < -0.4 is 4.74 Å². The number of hydrogen-bond acceptors (Lipinski definition) is 7. The van der Waals surface area contributed by atoms with Gasteiger partial charge in [-0.15, -0.1) is 0 Å². The zero-order chi connectivity index (χ0) is 21.1. The van der Waals surface area contributed by atoms with Gasteiger partial charge in [0.15, 0.2) is 16.4 Å². The van der Waals surface area contributed by atoms with Gasteiger partial charge in [-0.1, -0.05) is 28.9 Å². The number of hydrogen-bond donors (Lipinski definition) is 0. The number of piperazine rings is 1. The summed E-state index contributed by atoms with van der Waals surface area (Å²) in [4.78, 5) is 4.72. The summed E-state index contributed by atoms with van der Waals surface area (Å²) in [6.07, 6.45) is 0. The lowest BCUT2D eigenvalue weighted by Gasteiger charge is -2.33. The third kappa shape index (κ3) is 4.92. The van der Waals surface area contributed by atoms with Gasteiger partial charge in [-0.05, 0) is 31.3 Å². The highest BCUT2D eigenvalue weighted by Gasteiger charge is 2.20. The van der Waals surface area contributed by atoms with Crippen LogP contribution in [-0.2, 0) is 26.9 Å². The number of benzene rings is 1. The van der Waals surface area contributed by atoms with Crippen molar-refractivity contribution in [2.75, 3.05) is 26.2 Å². The Morgan fingerprint density at radius 1 is 1.17 bits per heavy atom. The van der Waals surface area contributed by atoms with Crippen LogP contribution in [-0.4, -0.2) is 55.5 Å². The summed E-state index contributed by atoms with van der Waals surface area (Å²) in [6, 6.07) is 9.40. The largest absolute Gasteiger partial charge is 0.484 e. The number of rotatable bonds is 7. The molecule has 30 heavy (non-hydrogen) atoms. The van der Waals surface area contributed by atoms with Gasteiger partial charge in [-0.2, -0.15) is 5.10 Å². The van der Waals surface area contributed by atoms with Crippen molar-refractivity contribution in [3.05, 3.63) is 57.4 Å². The number of halogens is 1. The minimum atomic E-state index is 0.307. The number of para-hydroxylation sites is 1. The van der Waals surface area contributed by atoms with E-state index in [0.29, 0.717) is 28.8 Å². The van der Waals surface area contributed by atoms with Crippen molar-refractivity contribution >= 4 is 23.8 Å². The Morgan fingerprint density at radius 2 is 1.90 bits per heavy atom. The Balaban J connectivity index is 1.32. The van der Waals surface area contributed by atoms with Crippen LogP contribution in [0.25, 0.3) is 0 Å². The first kappa shape index (κ1) is 21.0. The molecule has 2 aromatic heterocycles. The summed E-state index contributed by atoms with van der Waals surface area (Å²) in [5.74, 6) is 2.31. The normalized spacial score (nSPS) is 15.6. The van der Waals surface area contributed by atoms with E-state index in [1.54, 1.807) is 6.07 Å². The minimum Gasteiger partial charge on any atom is -0.484 e. The third-order valence-electron chi connectivity index (χ3n) is 5.18. The lowest BCUT2D eigenvalue weighted by molar-refractivity contribution is 0.0917. The smallest absolute Gasteiger partial charge is 0.198 e. The third-order valence-corrected chi connectivity index (χ3v) is 5.98. The van der Waals surface area contributed by atoms with Crippen molar-refractivity contribution in [2.45, 2.75) is 26.7 Å². The fourth-order valence-electron chi connectivity index (χ4n) is 3.44. The van der Waals surface area contributed by atoms with Crippen LogP contribution >= 0.6 is 23.8 Å². The number of aryl methyl sites for hydroxylation is 1. The molecule has 0 bridgehead atoms. The van der Waals surface area contributed by atoms with E-state index in [4.69, 9.17) is 33.1 Å². The maximum Gasteiger partial charge on any atom is 0.198 e. The molecule has 1 aliphatic heterocycles. The van der Waals surface area contributed by atoms with E-state index >= 15 is 0 Å². The molecule has 4 rings (SSSR count). The van der Waals surface area contributed by atoms with Crippen LogP contribution in [0.1, 0.15) is 17.3 Å². The molecule has 0 aliphatic carbocycles. The Labute approximate surface area is 185 Å². The second-order valence-corrected chi connectivity index (χ2v) is 8.22. The second kappa shape index (κ2) is 9.30. The molecule has 1 aromatic carbocycles. The van der Waals surface area contributed by atoms with Crippen molar-refractivity contribution in [1.82, 2.24) is 29.3 Å². The molecule has 3 heterocycles. The zero-order valence-corrected chi connectivity index (χ0v) is 18.7. The highest BCUT2D eigenvalue weighted by Crippen LogP contribution is 2.24. The molecule has 0 atom stereocenters. The van der Waals surface area contributed by atoms with Crippen molar-refractivity contribution in [2.24, 2.45) is 7.05 Å². The van der Waals surface area contributed by atoms with Gasteiger partial charge in [0.1, 0.15) is 12.4 Å². The van der Waals surface area contributed by atoms with Crippen molar-refractivity contribution in [3.8, 4) is 5.75 Å². The van der Waals surface area contributed by atoms with E-state index in [-0.39, 0.29) is 0 Å². The molecule has 8 nitrogen and oxygen atoms in total. The molecule has 3 aromatic rings. The highest BCUT2D eigenvalue weighted by molar-refractivity contribution is 7.71. The first-order valence-electron chi connectivity index (χ1n) is 9.86. The summed E-state index contributed by atoms with van der Waals surface area (Å²) < 4.78 is 15.6. The van der Waals surface area contributed by atoms with Crippen LogP contribution in [0.2, 0.25) is 5.02 Å². The molecule has 0 spiro atoms. The predicted octanol–water partition coefficient (Wildman–Crippen LogP) is 3.26. The molecular formula is C20H25ClN6O2S. The van der Waals surface area contributed by atoms with Gasteiger partial charge in [0.05, 0.1) is 23.9 Å². The van der Waals surface area contributed by atoms with E-state index in [1.165, 1.54) is 0 Å². The summed E-state index contributed by atoms with van der Waals surface area (Å²) in [6.45, 7) is 7.50. The van der Waals surface area contributed by atoms with Crippen LogP contribution in [0.4, 0.5) is 0 Å². The molecule has 0 radical (unpaired) electrons. The SMILES string of the molecule is Cc1cc(CN2CCN(Cn3nc(COc4ccccc4Cl)n(C)c3=S)CC2)on1. The van der Waals surface area contributed by atoms with E-state index < -0.39 is 0 Å². The standard InChI is InChI=1S/C20H25ClN6O2S/c1-15-11-16(29-23-15)12-25-7-9-26(10-8-25)14-27-20(30)24(2)19(22-27)13-28-18-6-4-3-5-17(18)21/h3-6,11H,7-10,12-14H2,1-2H3. The minimum absolute atomic E-state index is 0.307. The Hall–Kier alpha value is -2.20. The molecule has 1 aliphatic rings. The summed E-state index contributed by atoms with van der Waals surface area (Å²) in [7, 11) is 1.91. The maximum absolute atomic E-state index is 6.16. The summed E-state index contributed by atoms with van der Waals surface area (Å²) in [5, 5.41) is 9.20. The lowest BCUT2D eigenvalue weighted by atomic mass is 10.3. The molecule has 0 unspecified atom stereocenters. The van der Waals surface area contributed by atoms with Crippen LogP contribution in [0.3, 0.4) is 0 Å². The van der Waals surface area contributed by atoms with Crippen molar-refractivity contribution < 1.29 is 9.26 Å². The van der Waals surface area contributed by atoms with Crippen LogP contribution in [0.15, 0.2) is 34.9 Å². The van der Waals surface area contributed by atoms with Crippen LogP contribution in [0.5, 0.6) is 5.75 Å². The predicted molar refractivity (Wildman–Crippen MR) is 116 cm³/mol. The number of ether oxygens (including phenoxy) is 1. The Bertz CT molecular complexity index is 1050. The quantitative estimate of drug-likeness (QED) is 0.514. The maximum atomic E-state index is 6.16. The summed E-state index contributed by atoms with van der Waals surface area (Å²) in [5.41, 5.74) is 0.919. The van der Waals surface area contributed by atoms with Gasteiger partial charge in [-0.25, -0.2) is 4.68 Å². The Morgan fingerprint density at radius 3 is 2.60 bits per heavy atom. The monoisotopic (exact) mass is 448 g/mol. The van der Waals surface area contributed by atoms with Gasteiger partial charge < -0.3 is 13.8 Å². The fourth-order valence-corrected chi connectivity index (χ4v) is 3.84. The molecule has 0 amide bonds.